The summed E-state index contributed by atoms with van der Waals surface area (Å²) in [6.07, 6.45) is 0. The minimum absolute atomic E-state index is 0.0279. The van der Waals surface area contributed by atoms with Crippen molar-refractivity contribution in [3.63, 3.8) is 0 Å². The Hall–Kier alpha value is -5.18. The van der Waals surface area contributed by atoms with Crippen LogP contribution in [0.3, 0.4) is 0 Å². The van der Waals surface area contributed by atoms with Crippen molar-refractivity contribution in [3.8, 4) is 27.9 Å². The molecule has 2 aromatic heterocycles. The molecule has 212 valence electrons. The lowest BCUT2D eigenvalue weighted by molar-refractivity contribution is 0.660. The molecular formula is C43H29NS. The van der Waals surface area contributed by atoms with Gasteiger partial charge in [0.1, 0.15) is 0 Å². The molecule has 2 heterocycles. The lowest BCUT2D eigenvalue weighted by Gasteiger charge is -2.22. The summed E-state index contributed by atoms with van der Waals surface area (Å²) >= 11 is 1.89. The van der Waals surface area contributed by atoms with E-state index in [1.54, 1.807) is 0 Å². The Labute approximate surface area is 265 Å². The third-order valence-corrected chi connectivity index (χ3v) is 11.3. The van der Waals surface area contributed by atoms with Crippen molar-refractivity contribution in [2.45, 2.75) is 19.3 Å². The second-order valence-electron chi connectivity index (χ2n) is 13.0. The number of aromatic nitrogens is 1. The first kappa shape index (κ1) is 25.2. The Balaban J connectivity index is 1.27. The Morgan fingerprint density at radius 2 is 1.22 bits per heavy atom. The van der Waals surface area contributed by atoms with E-state index in [4.69, 9.17) is 0 Å². The Kier molecular flexibility index (Phi) is 5.00. The van der Waals surface area contributed by atoms with E-state index in [0.717, 1.165) is 0 Å². The van der Waals surface area contributed by atoms with Crippen molar-refractivity contribution >= 4 is 64.1 Å². The van der Waals surface area contributed by atoms with Gasteiger partial charge in [-0.25, -0.2) is 0 Å². The third-order valence-electron chi connectivity index (χ3n) is 10.2. The third kappa shape index (κ3) is 3.43. The number of nitrogens with zero attached hydrogens (tertiary/aromatic N) is 1. The van der Waals surface area contributed by atoms with Crippen LogP contribution in [-0.4, -0.2) is 4.57 Å². The first-order valence-electron chi connectivity index (χ1n) is 15.7. The van der Waals surface area contributed by atoms with Crippen LogP contribution in [0, 0.1) is 0 Å². The molecular weight excluding hydrogens is 563 g/mol. The number of hydrogen-bond donors (Lipinski definition) is 0. The van der Waals surface area contributed by atoms with Crippen LogP contribution in [0.25, 0.3) is 80.7 Å². The number of fused-ring (bicyclic) bond motifs is 11. The van der Waals surface area contributed by atoms with E-state index in [1.807, 2.05) is 11.3 Å². The molecule has 0 atom stereocenters. The van der Waals surface area contributed by atoms with Gasteiger partial charge in [-0.1, -0.05) is 105 Å². The number of thiophene rings is 1. The Bertz CT molecular complexity index is 2680. The van der Waals surface area contributed by atoms with Gasteiger partial charge in [-0.05, 0) is 92.7 Å². The molecule has 0 N–H and O–H groups in total. The van der Waals surface area contributed by atoms with Crippen LogP contribution >= 0.6 is 11.3 Å². The van der Waals surface area contributed by atoms with Gasteiger partial charge in [0.2, 0.25) is 0 Å². The van der Waals surface area contributed by atoms with Gasteiger partial charge in [-0.15, -0.1) is 11.3 Å². The van der Waals surface area contributed by atoms with Gasteiger partial charge in [0.15, 0.2) is 0 Å². The van der Waals surface area contributed by atoms with Crippen LogP contribution in [0.2, 0.25) is 0 Å². The highest BCUT2D eigenvalue weighted by molar-refractivity contribution is 7.26. The summed E-state index contributed by atoms with van der Waals surface area (Å²) in [5.41, 5.74) is 11.7. The molecule has 1 nitrogen and oxygen atoms in total. The van der Waals surface area contributed by atoms with Gasteiger partial charge in [0.05, 0.1) is 11.0 Å². The van der Waals surface area contributed by atoms with E-state index >= 15 is 0 Å². The summed E-state index contributed by atoms with van der Waals surface area (Å²) in [6, 6.07) is 52.1. The molecule has 0 aliphatic heterocycles. The van der Waals surface area contributed by atoms with Crippen molar-refractivity contribution in [2.24, 2.45) is 0 Å². The summed E-state index contributed by atoms with van der Waals surface area (Å²) in [6.45, 7) is 4.72. The quantitative estimate of drug-likeness (QED) is 0.188. The molecule has 0 fully saturated rings. The van der Waals surface area contributed by atoms with Gasteiger partial charge < -0.3 is 4.57 Å². The average molecular weight is 592 g/mol. The van der Waals surface area contributed by atoms with Crippen LogP contribution in [0.4, 0.5) is 0 Å². The van der Waals surface area contributed by atoms with E-state index in [-0.39, 0.29) is 5.41 Å². The largest absolute Gasteiger partial charge is 0.309 e. The predicted octanol–water partition coefficient (Wildman–Crippen LogP) is 12.3. The van der Waals surface area contributed by atoms with Gasteiger partial charge in [0.25, 0.3) is 0 Å². The number of hydrogen-bond acceptors (Lipinski definition) is 1. The SMILES string of the molecule is CC1(C)c2ccccc2-c2ccc(-c3ccc4c(c3)c3c5c(ccc3n4-c3ccc4ccccc4c3)sc3ccccc35)cc21. The van der Waals surface area contributed by atoms with Gasteiger partial charge in [-0.2, -0.15) is 0 Å². The topological polar surface area (TPSA) is 4.93 Å². The van der Waals surface area contributed by atoms with Crippen LogP contribution in [0.15, 0.2) is 140 Å². The summed E-state index contributed by atoms with van der Waals surface area (Å²) < 4.78 is 5.14. The minimum atomic E-state index is -0.0279. The molecule has 1 aliphatic rings. The first-order chi connectivity index (χ1) is 22.1. The van der Waals surface area contributed by atoms with E-state index in [1.165, 1.54) is 91.8 Å². The molecule has 0 radical (unpaired) electrons. The van der Waals surface area contributed by atoms with Crippen molar-refractivity contribution in [2.75, 3.05) is 0 Å². The summed E-state index contributed by atoms with van der Waals surface area (Å²) in [5, 5.41) is 7.85. The highest BCUT2D eigenvalue weighted by Gasteiger charge is 2.35. The predicted molar refractivity (Wildman–Crippen MR) is 194 cm³/mol. The van der Waals surface area contributed by atoms with E-state index in [2.05, 4.69) is 158 Å². The molecule has 7 aromatic carbocycles. The zero-order valence-corrected chi connectivity index (χ0v) is 26.0. The molecule has 10 rings (SSSR count). The molecule has 0 bridgehead atoms. The van der Waals surface area contributed by atoms with Crippen LogP contribution in [0.1, 0.15) is 25.0 Å². The minimum Gasteiger partial charge on any atom is -0.309 e. The molecule has 0 saturated heterocycles. The molecule has 9 aromatic rings. The lowest BCUT2D eigenvalue weighted by atomic mass is 9.81. The molecule has 1 aliphatic carbocycles. The van der Waals surface area contributed by atoms with Gasteiger partial charge in [0, 0.05) is 42.0 Å². The van der Waals surface area contributed by atoms with Crippen LogP contribution < -0.4 is 0 Å². The number of benzene rings is 7. The van der Waals surface area contributed by atoms with Gasteiger partial charge >= 0.3 is 0 Å². The standard InChI is InChI=1S/C43H29NS/c1-43(2)35-13-7-5-11-31(35)32-19-16-29(25-36(32)43)28-17-20-37-34(24-28)41-38(21-22-40-42(41)33-12-6-8-14-39(33)45-40)44(37)30-18-15-26-9-3-4-10-27(26)23-30/h3-25H,1-2H3. The van der Waals surface area contributed by atoms with Crippen LogP contribution in [-0.2, 0) is 5.41 Å². The number of rotatable bonds is 2. The zero-order valence-electron chi connectivity index (χ0n) is 25.1. The Morgan fingerprint density at radius 1 is 0.489 bits per heavy atom. The molecule has 0 unspecified atom stereocenters. The fourth-order valence-electron chi connectivity index (χ4n) is 7.98. The lowest BCUT2D eigenvalue weighted by Crippen LogP contribution is -2.14. The molecule has 45 heavy (non-hydrogen) atoms. The van der Waals surface area contributed by atoms with E-state index < -0.39 is 0 Å². The monoisotopic (exact) mass is 591 g/mol. The highest BCUT2D eigenvalue weighted by Crippen LogP contribution is 2.50. The van der Waals surface area contributed by atoms with E-state index in [0.29, 0.717) is 0 Å². The smallest absolute Gasteiger partial charge is 0.0548 e. The van der Waals surface area contributed by atoms with Crippen molar-refractivity contribution in [1.82, 2.24) is 4.57 Å². The first-order valence-corrected chi connectivity index (χ1v) is 16.5. The van der Waals surface area contributed by atoms with Crippen molar-refractivity contribution in [1.29, 1.82) is 0 Å². The molecule has 0 spiro atoms. The maximum atomic E-state index is 2.47. The summed E-state index contributed by atoms with van der Waals surface area (Å²) in [4.78, 5) is 0. The van der Waals surface area contributed by atoms with E-state index in [9.17, 15) is 0 Å². The molecule has 0 amide bonds. The average Bonchev–Trinajstić information content (AvgIpc) is 3.70. The fourth-order valence-corrected chi connectivity index (χ4v) is 9.10. The van der Waals surface area contributed by atoms with Crippen molar-refractivity contribution in [3.05, 3.63) is 151 Å². The second kappa shape index (κ2) is 8.94. The maximum absolute atomic E-state index is 2.47. The maximum Gasteiger partial charge on any atom is 0.0548 e. The van der Waals surface area contributed by atoms with Crippen molar-refractivity contribution < 1.29 is 0 Å². The Morgan fingerprint density at radius 3 is 2.16 bits per heavy atom. The van der Waals surface area contributed by atoms with Gasteiger partial charge in [-0.3, -0.25) is 0 Å². The fraction of sp³-hybridized carbons (Fsp3) is 0.0698. The van der Waals surface area contributed by atoms with Crippen LogP contribution in [0.5, 0.6) is 0 Å². The molecule has 2 heteroatoms. The zero-order chi connectivity index (χ0) is 29.9. The highest BCUT2D eigenvalue weighted by atomic mass is 32.1. The summed E-state index contributed by atoms with van der Waals surface area (Å²) in [7, 11) is 0. The molecule has 0 saturated carbocycles. The summed E-state index contributed by atoms with van der Waals surface area (Å²) in [5.74, 6) is 0. The second-order valence-corrected chi connectivity index (χ2v) is 14.0. The normalized spacial score (nSPS) is 13.7.